The predicted octanol–water partition coefficient (Wildman–Crippen LogP) is 1.13. The minimum atomic E-state index is -3.91. The molecule has 0 saturated heterocycles. The van der Waals surface area contributed by atoms with Gasteiger partial charge in [-0.2, -0.15) is 0 Å². The number of fused-ring (bicyclic) bond motifs is 1. The molecule has 2 atom stereocenters. The minimum absolute atomic E-state index is 0.0625. The van der Waals surface area contributed by atoms with Gasteiger partial charge in [-0.1, -0.05) is 12.1 Å². The zero-order valence-corrected chi connectivity index (χ0v) is 16.7. The Kier molecular flexibility index (Phi) is 6.26. The van der Waals surface area contributed by atoms with Crippen molar-refractivity contribution in [2.45, 2.75) is 24.0 Å². The number of sulfonamides is 1. The number of para-hydroxylation sites is 2. The molecule has 0 aromatic heterocycles. The monoisotopic (exact) mass is 422 g/mol. The topological polar surface area (TPSA) is 123 Å². The van der Waals surface area contributed by atoms with E-state index in [1.807, 2.05) is 0 Å². The Morgan fingerprint density at radius 2 is 1.97 bits per heavy atom. The van der Waals surface area contributed by atoms with Crippen molar-refractivity contribution in [1.82, 2.24) is 4.72 Å². The minimum Gasteiger partial charge on any atom is -0.493 e. The number of amides is 1. The largest absolute Gasteiger partial charge is 0.493 e. The first kappa shape index (κ1) is 20.9. The lowest BCUT2D eigenvalue weighted by Crippen LogP contribution is -2.36. The summed E-state index contributed by atoms with van der Waals surface area (Å²) in [4.78, 5) is 11.6. The van der Waals surface area contributed by atoms with Crippen molar-refractivity contribution in [3.05, 3.63) is 42.5 Å². The van der Waals surface area contributed by atoms with Crippen LogP contribution in [0.1, 0.15) is 6.92 Å². The molecule has 0 fully saturated rings. The highest BCUT2D eigenvalue weighted by molar-refractivity contribution is 7.89. The van der Waals surface area contributed by atoms with E-state index in [1.54, 1.807) is 31.2 Å². The van der Waals surface area contributed by atoms with Crippen LogP contribution < -0.4 is 24.2 Å². The lowest BCUT2D eigenvalue weighted by Gasteiger charge is -2.23. The molecule has 0 saturated carbocycles. The number of hydrogen-bond donors (Lipinski definition) is 3. The number of carbonyl (C=O) groups excluding carboxylic acids is 1. The molecule has 0 aliphatic carbocycles. The van der Waals surface area contributed by atoms with E-state index in [0.717, 1.165) is 0 Å². The lowest BCUT2D eigenvalue weighted by atomic mass is 10.2. The molecule has 1 heterocycles. The fourth-order valence-electron chi connectivity index (χ4n) is 2.63. The Labute approximate surface area is 168 Å². The van der Waals surface area contributed by atoms with Crippen LogP contribution in [0.4, 0.5) is 5.69 Å². The second-order valence-corrected chi connectivity index (χ2v) is 8.14. The molecule has 10 heteroatoms. The maximum Gasteiger partial charge on any atom is 0.265 e. The van der Waals surface area contributed by atoms with Gasteiger partial charge in [0.1, 0.15) is 18.5 Å². The maximum absolute atomic E-state index is 12.5. The molecular formula is C19H22N2O7S. The van der Waals surface area contributed by atoms with E-state index in [1.165, 1.54) is 25.3 Å². The second-order valence-electron chi connectivity index (χ2n) is 6.37. The molecule has 1 amide bonds. The molecule has 0 radical (unpaired) electrons. The van der Waals surface area contributed by atoms with Crippen molar-refractivity contribution in [2.24, 2.45) is 0 Å². The molecule has 3 N–H and O–H groups in total. The van der Waals surface area contributed by atoms with Crippen molar-refractivity contribution in [2.75, 3.05) is 25.6 Å². The van der Waals surface area contributed by atoms with Gasteiger partial charge in [0.05, 0.1) is 17.7 Å². The van der Waals surface area contributed by atoms with Gasteiger partial charge in [-0.25, -0.2) is 13.1 Å². The predicted molar refractivity (Wildman–Crippen MR) is 105 cm³/mol. The molecule has 3 rings (SSSR count). The van der Waals surface area contributed by atoms with E-state index in [-0.39, 0.29) is 29.6 Å². The van der Waals surface area contributed by atoms with Crippen molar-refractivity contribution < 1.29 is 32.5 Å². The van der Waals surface area contributed by atoms with Gasteiger partial charge >= 0.3 is 0 Å². The summed E-state index contributed by atoms with van der Waals surface area (Å²) in [5.74, 6) is 0.981. The van der Waals surface area contributed by atoms with Crippen molar-refractivity contribution in [3.8, 4) is 17.2 Å². The Morgan fingerprint density at radius 1 is 1.24 bits per heavy atom. The van der Waals surface area contributed by atoms with Crippen LogP contribution in [0.25, 0.3) is 0 Å². The number of benzene rings is 2. The molecule has 1 aliphatic heterocycles. The first-order valence-electron chi connectivity index (χ1n) is 8.85. The molecule has 1 aliphatic rings. The van der Waals surface area contributed by atoms with Gasteiger partial charge < -0.3 is 24.6 Å². The highest BCUT2D eigenvalue weighted by Gasteiger charge is 2.26. The van der Waals surface area contributed by atoms with Gasteiger partial charge in [-0.05, 0) is 37.3 Å². The fraction of sp³-hybridized carbons (Fsp3) is 0.316. The standard InChI is InChI=1S/C19H22N2O7S/c1-12-19(23)21-15-9-14(7-8-16(15)28-12)29(24,25)20-10-13(22)11-27-18-6-4-3-5-17(18)26-2/h3-9,12-13,20,22H,10-11H2,1-2H3,(H,21,23)/t12-,13+/m1/s1. The van der Waals surface area contributed by atoms with Gasteiger partial charge in [0.2, 0.25) is 10.0 Å². The van der Waals surface area contributed by atoms with Crippen molar-refractivity contribution in [1.29, 1.82) is 0 Å². The number of hydrogen-bond acceptors (Lipinski definition) is 7. The Morgan fingerprint density at radius 3 is 2.69 bits per heavy atom. The van der Waals surface area contributed by atoms with Gasteiger partial charge in [-0.15, -0.1) is 0 Å². The second kappa shape index (κ2) is 8.68. The van der Waals surface area contributed by atoms with Gasteiger partial charge in [0.15, 0.2) is 17.6 Å². The number of aliphatic hydroxyl groups excluding tert-OH is 1. The summed E-state index contributed by atoms with van der Waals surface area (Å²) in [6.07, 6.45) is -1.74. The smallest absolute Gasteiger partial charge is 0.265 e. The summed E-state index contributed by atoms with van der Waals surface area (Å²) in [7, 11) is -2.41. The molecule has 0 bridgehead atoms. The third kappa shape index (κ3) is 4.97. The molecule has 156 valence electrons. The van der Waals surface area contributed by atoms with Crippen LogP contribution >= 0.6 is 0 Å². The van der Waals surface area contributed by atoms with Crippen LogP contribution in [0.5, 0.6) is 17.2 Å². The molecule has 9 nitrogen and oxygen atoms in total. The van der Waals surface area contributed by atoms with Crippen LogP contribution in [0.3, 0.4) is 0 Å². The Balaban J connectivity index is 1.60. The highest BCUT2D eigenvalue weighted by atomic mass is 32.2. The first-order chi connectivity index (χ1) is 13.8. The summed E-state index contributed by atoms with van der Waals surface area (Å²) in [6.45, 7) is 1.21. The van der Waals surface area contributed by atoms with Gasteiger partial charge in [0.25, 0.3) is 5.91 Å². The number of aliphatic hydroxyl groups is 1. The number of ether oxygens (including phenoxy) is 3. The van der Waals surface area contributed by atoms with E-state index in [2.05, 4.69) is 10.0 Å². The van der Waals surface area contributed by atoms with Crippen LogP contribution in [-0.4, -0.2) is 51.9 Å². The molecule has 0 unspecified atom stereocenters. The number of methoxy groups -OCH3 is 1. The van der Waals surface area contributed by atoms with Crippen molar-refractivity contribution in [3.63, 3.8) is 0 Å². The summed E-state index contributed by atoms with van der Waals surface area (Å²) < 4.78 is 43.4. The third-order valence-corrected chi connectivity index (χ3v) is 5.62. The van der Waals surface area contributed by atoms with Crippen LogP contribution in [0.2, 0.25) is 0 Å². The zero-order valence-electron chi connectivity index (χ0n) is 15.9. The average molecular weight is 422 g/mol. The van der Waals surface area contributed by atoms with Crippen LogP contribution in [0.15, 0.2) is 47.4 Å². The summed E-state index contributed by atoms with van der Waals surface area (Å²) in [6, 6.07) is 11.1. The number of rotatable bonds is 8. The summed E-state index contributed by atoms with van der Waals surface area (Å²) in [5.41, 5.74) is 0.274. The van der Waals surface area contributed by atoms with Gasteiger partial charge in [0, 0.05) is 6.54 Å². The molecule has 2 aromatic rings. The maximum atomic E-state index is 12.5. The quantitative estimate of drug-likeness (QED) is 0.583. The summed E-state index contributed by atoms with van der Waals surface area (Å²) in [5, 5.41) is 12.7. The summed E-state index contributed by atoms with van der Waals surface area (Å²) >= 11 is 0. The van der Waals surface area contributed by atoms with Crippen molar-refractivity contribution >= 4 is 21.6 Å². The van der Waals surface area contributed by atoms with E-state index < -0.39 is 22.2 Å². The SMILES string of the molecule is COc1ccccc1OC[C@@H](O)CNS(=O)(=O)c1ccc2c(c1)NC(=O)[C@@H](C)O2. The van der Waals surface area contributed by atoms with E-state index >= 15 is 0 Å². The molecule has 29 heavy (non-hydrogen) atoms. The molecular weight excluding hydrogens is 400 g/mol. The number of anilines is 1. The van der Waals surface area contributed by atoms with Crippen LogP contribution in [-0.2, 0) is 14.8 Å². The number of carbonyl (C=O) groups is 1. The van der Waals surface area contributed by atoms with E-state index in [9.17, 15) is 18.3 Å². The fourth-order valence-corrected chi connectivity index (χ4v) is 3.73. The Hall–Kier alpha value is -2.82. The normalized spacial score (nSPS) is 16.9. The average Bonchev–Trinajstić information content (AvgIpc) is 2.71. The zero-order chi connectivity index (χ0) is 21.0. The highest BCUT2D eigenvalue weighted by Crippen LogP contribution is 2.31. The first-order valence-corrected chi connectivity index (χ1v) is 10.3. The lowest BCUT2D eigenvalue weighted by molar-refractivity contribution is -0.122. The van der Waals surface area contributed by atoms with Crippen LogP contribution in [0, 0.1) is 0 Å². The van der Waals surface area contributed by atoms with Gasteiger partial charge in [-0.3, -0.25) is 4.79 Å². The molecule has 0 spiro atoms. The van der Waals surface area contributed by atoms with E-state index in [0.29, 0.717) is 17.2 Å². The number of nitrogens with one attached hydrogen (secondary N) is 2. The van der Waals surface area contributed by atoms with E-state index in [4.69, 9.17) is 14.2 Å². The molecule has 2 aromatic carbocycles. The Bertz CT molecular complexity index is 994. The third-order valence-electron chi connectivity index (χ3n) is 4.20.